The van der Waals surface area contributed by atoms with Gasteiger partial charge in [0.2, 0.25) is 0 Å². The molecule has 15 heavy (non-hydrogen) atoms. The van der Waals surface area contributed by atoms with Gasteiger partial charge in [-0.25, -0.2) is 0 Å². The van der Waals surface area contributed by atoms with E-state index < -0.39 is 0 Å². The van der Waals surface area contributed by atoms with Crippen LogP contribution >= 0.6 is 22.6 Å². The van der Waals surface area contributed by atoms with Crippen molar-refractivity contribution in [2.75, 3.05) is 0 Å². The van der Waals surface area contributed by atoms with E-state index in [4.69, 9.17) is 4.42 Å². The number of hydrogen-bond acceptors (Lipinski definition) is 1. The minimum Gasteiger partial charge on any atom is -0.456 e. The summed E-state index contributed by atoms with van der Waals surface area (Å²) in [6.07, 6.45) is 0. The van der Waals surface area contributed by atoms with Gasteiger partial charge in [0, 0.05) is 14.3 Å². The number of fused-ring (bicyclic) bond motifs is 3. The maximum absolute atomic E-state index is 5.81. The second-order valence-electron chi connectivity index (χ2n) is 3.74. The van der Waals surface area contributed by atoms with Gasteiger partial charge in [-0.3, -0.25) is 0 Å². The van der Waals surface area contributed by atoms with Crippen LogP contribution in [0.15, 0.2) is 40.8 Å². The number of halogens is 1. The fourth-order valence-corrected chi connectivity index (χ4v) is 2.32. The Morgan fingerprint density at radius 2 is 1.60 bits per heavy atom. The van der Waals surface area contributed by atoms with Gasteiger partial charge in [-0.15, -0.1) is 0 Å². The second-order valence-corrected chi connectivity index (χ2v) is 4.99. The molecule has 2 heteroatoms. The van der Waals surface area contributed by atoms with Crippen LogP contribution in [0.25, 0.3) is 21.9 Å². The SMILES string of the molecule is Cc1ccc2c(c1)oc1cc(I)ccc12. The first-order chi connectivity index (χ1) is 7.24. The lowest BCUT2D eigenvalue weighted by Crippen LogP contribution is -1.70. The molecule has 1 heterocycles. The van der Waals surface area contributed by atoms with Crippen LogP contribution in [-0.4, -0.2) is 0 Å². The average Bonchev–Trinajstić information content (AvgIpc) is 2.53. The molecular formula is C13H9IO. The van der Waals surface area contributed by atoms with E-state index in [0.29, 0.717) is 0 Å². The molecule has 0 aliphatic rings. The van der Waals surface area contributed by atoms with Crippen LogP contribution in [-0.2, 0) is 0 Å². The summed E-state index contributed by atoms with van der Waals surface area (Å²) in [5.41, 5.74) is 3.19. The molecule has 0 unspecified atom stereocenters. The van der Waals surface area contributed by atoms with Crippen molar-refractivity contribution in [2.24, 2.45) is 0 Å². The first-order valence-corrected chi connectivity index (χ1v) is 5.90. The Bertz CT molecular complexity index is 596. The summed E-state index contributed by atoms with van der Waals surface area (Å²) in [5.74, 6) is 0. The first-order valence-electron chi connectivity index (χ1n) is 4.82. The summed E-state index contributed by atoms with van der Waals surface area (Å²) in [7, 11) is 0. The van der Waals surface area contributed by atoms with Crippen molar-refractivity contribution >= 4 is 44.5 Å². The molecule has 3 rings (SSSR count). The van der Waals surface area contributed by atoms with E-state index in [1.165, 1.54) is 19.9 Å². The standard InChI is InChI=1S/C13H9IO/c1-8-2-4-10-11-5-3-9(14)7-13(11)15-12(10)6-8/h2-7H,1H3. The van der Waals surface area contributed by atoms with Crippen molar-refractivity contribution in [3.05, 3.63) is 45.5 Å². The minimum absolute atomic E-state index is 0.975. The summed E-state index contributed by atoms with van der Waals surface area (Å²) >= 11 is 2.30. The van der Waals surface area contributed by atoms with Crippen molar-refractivity contribution in [3.63, 3.8) is 0 Å². The monoisotopic (exact) mass is 308 g/mol. The number of benzene rings is 2. The van der Waals surface area contributed by atoms with Gasteiger partial charge in [0.05, 0.1) is 0 Å². The smallest absolute Gasteiger partial charge is 0.136 e. The first kappa shape index (κ1) is 9.21. The molecular weight excluding hydrogens is 299 g/mol. The zero-order valence-corrected chi connectivity index (χ0v) is 10.4. The zero-order valence-electron chi connectivity index (χ0n) is 8.25. The molecule has 0 aliphatic carbocycles. The highest BCUT2D eigenvalue weighted by molar-refractivity contribution is 14.1. The topological polar surface area (TPSA) is 13.1 Å². The Morgan fingerprint density at radius 1 is 0.933 bits per heavy atom. The van der Waals surface area contributed by atoms with Crippen LogP contribution in [0.3, 0.4) is 0 Å². The lowest BCUT2D eigenvalue weighted by atomic mass is 10.1. The molecule has 3 aromatic rings. The molecule has 1 aromatic heterocycles. The van der Waals surface area contributed by atoms with Gasteiger partial charge in [-0.2, -0.15) is 0 Å². The third kappa shape index (κ3) is 1.44. The number of aryl methyl sites for hydroxylation is 1. The quantitative estimate of drug-likeness (QED) is 0.557. The Morgan fingerprint density at radius 3 is 2.40 bits per heavy atom. The molecule has 74 valence electrons. The van der Waals surface area contributed by atoms with E-state index in [1.807, 2.05) is 0 Å². The molecule has 0 bridgehead atoms. The molecule has 0 spiro atoms. The van der Waals surface area contributed by atoms with E-state index in [9.17, 15) is 0 Å². The predicted octanol–water partition coefficient (Wildman–Crippen LogP) is 4.50. The lowest BCUT2D eigenvalue weighted by molar-refractivity contribution is 0.668. The Kier molecular flexibility index (Phi) is 1.99. The van der Waals surface area contributed by atoms with Gasteiger partial charge in [0.15, 0.2) is 0 Å². The Hall–Kier alpha value is -1.03. The highest BCUT2D eigenvalue weighted by Gasteiger charge is 2.06. The van der Waals surface area contributed by atoms with Gasteiger partial charge in [-0.05, 0) is 59.3 Å². The third-order valence-corrected chi connectivity index (χ3v) is 3.26. The Balaban J connectivity index is 2.51. The normalized spacial score (nSPS) is 11.3. The minimum atomic E-state index is 0.975. The van der Waals surface area contributed by atoms with E-state index in [0.717, 1.165) is 11.2 Å². The zero-order chi connectivity index (χ0) is 10.4. The summed E-state index contributed by atoms with van der Waals surface area (Å²) in [6.45, 7) is 2.08. The van der Waals surface area contributed by atoms with Crippen LogP contribution in [0, 0.1) is 10.5 Å². The fraction of sp³-hybridized carbons (Fsp3) is 0.0769. The van der Waals surface area contributed by atoms with Crippen molar-refractivity contribution in [1.82, 2.24) is 0 Å². The van der Waals surface area contributed by atoms with E-state index in [2.05, 4.69) is 65.9 Å². The van der Waals surface area contributed by atoms with Gasteiger partial charge in [0.1, 0.15) is 11.2 Å². The fourth-order valence-electron chi connectivity index (χ4n) is 1.86. The number of rotatable bonds is 0. The van der Waals surface area contributed by atoms with Gasteiger partial charge in [0.25, 0.3) is 0 Å². The summed E-state index contributed by atoms with van der Waals surface area (Å²) in [5, 5.41) is 2.40. The van der Waals surface area contributed by atoms with Crippen LogP contribution in [0.5, 0.6) is 0 Å². The average molecular weight is 308 g/mol. The van der Waals surface area contributed by atoms with Crippen molar-refractivity contribution < 1.29 is 4.42 Å². The predicted molar refractivity (Wildman–Crippen MR) is 71.2 cm³/mol. The molecule has 0 aliphatic heterocycles. The number of hydrogen-bond donors (Lipinski definition) is 0. The molecule has 1 nitrogen and oxygen atoms in total. The highest BCUT2D eigenvalue weighted by atomic mass is 127. The van der Waals surface area contributed by atoms with Crippen LogP contribution < -0.4 is 0 Å². The lowest BCUT2D eigenvalue weighted by Gasteiger charge is -1.91. The van der Waals surface area contributed by atoms with Crippen LogP contribution in [0.1, 0.15) is 5.56 Å². The van der Waals surface area contributed by atoms with Crippen molar-refractivity contribution in [3.8, 4) is 0 Å². The molecule has 0 saturated heterocycles. The van der Waals surface area contributed by atoms with Crippen LogP contribution in [0.4, 0.5) is 0 Å². The molecule has 0 saturated carbocycles. The maximum Gasteiger partial charge on any atom is 0.136 e. The van der Waals surface area contributed by atoms with E-state index >= 15 is 0 Å². The molecule has 0 amide bonds. The summed E-state index contributed by atoms with van der Waals surface area (Å²) in [4.78, 5) is 0. The maximum atomic E-state index is 5.81. The molecule has 0 radical (unpaired) electrons. The molecule has 0 atom stereocenters. The molecule has 2 aromatic carbocycles. The second kappa shape index (κ2) is 3.23. The summed E-state index contributed by atoms with van der Waals surface area (Å²) in [6, 6.07) is 12.6. The summed E-state index contributed by atoms with van der Waals surface area (Å²) < 4.78 is 7.01. The third-order valence-electron chi connectivity index (χ3n) is 2.59. The van der Waals surface area contributed by atoms with Gasteiger partial charge in [-0.1, -0.05) is 12.1 Å². The van der Waals surface area contributed by atoms with Crippen LogP contribution in [0.2, 0.25) is 0 Å². The number of furan rings is 1. The van der Waals surface area contributed by atoms with Gasteiger partial charge >= 0.3 is 0 Å². The molecule has 0 N–H and O–H groups in total. The van der Waals surface area contributed by atoms with Crippen molar-refractivity contribution in [1.29, 1.82) is 0 Å². The largest absolute Gasteiger partial charge is 0.456 e. The van der Waals surface area contributed by atoms with Gasteiger partial charge < -0.3 is 4.42 Å². The van der Waals surface area contributed by atoms with E-state index in [-0.39, 0.29) is 0 Å². The highest BCUT2D eigenvalue weighted by Crippen LogP contribution is 2.30. The Labute approximate surface area is 101 Å². The molecule has 0 fully saturated rings. The van der Waals surface area contributed by atoms with Crippen molar-refractivity contribution in [2.45, 2.75) is 6.92 Å². The van der Waals surface area contributed by atoms with E-state index in [1.54, 1.807) is 0 Å².